The van der Waals surface area contributed by atoms with Crippen molar-refractivity contribution in [2.75, 3.05) is 0 Å². The molecule has 0 fully saturated rings. The summed E-state index contributed by atoms with van der Waals surface area (Å²) in [7, 11) is 0. The number of hydrogen-bond donors (Lipinski definition) is 0. The van der Waals surface area contributed by atoms with E-state index in [4.69, 9.17) is 9.15 Å². The van der Waals surface area contributed by atoms with Crippen LogP contribution in [0.1, 0.15) is 35.2 Å². The van der Waals surface area contributed by atoms with Crippen molar-refractivity contribution in [3.63, 3.8) is 0 Å². The van der Waals surface area contributed by atoms with Crippen molar-refractivity contribution in [2.45, 2.75) is 20.0 Å². The molecule has 0 unspecified atom stereocenters. The fourth-order valence-electron chi connectivity index (χ4n) is 1.88. The van der Waals surface area contributed by atoms with Gasteiger partial charge < -0.3 is 9.15 Å². The summed E-state index contributed by atoms with van der Waals surface area (Å²) in [4.78, 5) is 12.2. The van der Waals surface area contributed by atoms with E-state index in [9.17, 15) is 4.79 Å². The smallest absolute Gasteiger partial charge is 0.338 e. The van der Waals surface area contributed by atoms with Crippen molar-refractivity contribution >= 4 is 5.97 Å². The molecule has 0 amide bonds. The minimum absolute atomic E-state index is 0.262. The van der Waals surface area contributed by atoms with Crippen LogP contribution in [0.5, 0.6) is 0 Å². The largest absolute Gasteiger partial charge is 0.449 e. The number of carbonyl (C=O) groups excluding carboxylic acids is 1. The normalized spacial score (nSPS) is 12.1. The van der Waals surface area contributed by atoms with Crippen LogP contribution in [-0.4, -0.2) is 31.2 Å². The van der Waals surface area contributed by atoms with Crippen LogP contribution in [-0.2, 0) is 4.74 Å². The fourth-order valence-corrected chi connectivity index (χ4v) is 1.88. The summed E-state index contributed by atoms with van der Waals surface area (Å²) in [5.41, 5.74) is 1.12. The predicted octanol–water partition coefficient (Wildman–Crippen LogP) is 1.88. The predicted molar refractivity (Wildman–Crippen MR) is 74.2 cm³/mol. The summed E-state index contributed by atoms with van der Waals surface area (Å²) in [5, 5.41) is 15.2. The third kappa shape index (κ3) is 2.85. The first-order chi connectivity index (χ1) is 10.6. The molecule has 3 aromatic rings. The van der Waals surface area contributed by atoms with E-state index >= 15 is 0 Å². The molecular weight excluding hydrogens is 286 g/mol. The highest BCUT2D eigenvalue weighted by atomic mass is 16.6. The summed E-state index contributed by atoms with van der Waals surface area (Å²) >= 11 is 0. The molecule has 0 aliphatic heterocycles. The lowest BCUT2D eigenvalue weighted by Crippen LogP contribution is -2.10. The standard InChI is InChI=1S/C14H13N5O3/c1-9(13-17-16-10(2)22-13)21-14(20)11-4-3-5-12(8-11)19-7-6-15-18-19/h3-9H,1-2H3/t9-/m1/s1. The van der Waals surface area contributed by atoms with Crippen molar-refractivity contribution in [2.24, 2.45) is 0 Å². The topological polar surface area (TPSA) is 95.9 Å². The van der Waals surface area contributed by atoms with Crippen LogP contribution < -0.4 is 0 Å². The molecule has 0 saturated carbocycles. The van der Waals surface area contributed by atoms with Gasteiger partial charge in [0.25, 0.3) is 5.89 Å². The lowest BCUT2D eigenvalue weighted by atomic mass is 10.2. The van der Waals surface area contributed by atoms with E-state index < -0.39 is 12.1 Å². The van der Waals surface area contributed by atoms with E-state index in [1.807, 2.05) is 6.07 Å². The van der Waals surface area contributed by atoms with Crippen LogP contribution in [0.25, 0.3) is 5.69 Å². The maximum absolute atomic E-state index is 12.2. The van der Waals surface area contributed by atoms with Gasteiger partial charge in [-0.1, -0.05) is 11.3 Å². The number of ether oxygens (including phenoxy) is 1. The van der Waals surface area contributed by atoms with Crippen molar-refractivity contribution in [1.82, 2.24) is 25.2 Å². The molecule has 112 valence electrons. The van der Waals surface area contributed by atoms with Crippen molar-refractivity contribution in [3.05, 3.63) is 54.0 Å². The Hall–Kier alpha value is -3.03. The lowest BCUT2D eigenvalue weighted by Gasteiger charge is -2.10. The Morgan fingerprint density at radius 3 is 2.91 bits per heavy atom. The van der Waals surface area contributed by atoms with E-state index in [1.165, 1.54) is 0 Å². The minimum atomic E-state index is -0.622. The van der Waals surface area contributed by atoms with Gasteiger partial charge in [-0.05, 0) is 25.1 Å². The summed E-state index contributed by atoms with van der Waals surface area (Å²) in [6.07, 6.45) is 2.63. The second kappa shape index (κ2) is 5.76. The molecule has 0 aliphatic rings. The Labute approximate surface area is 125 Å². The second-order valence-electron chi connectivity index (χ2n) is 4.60. The Kier molecular flexibility index (Phi) is 3.65. The van der Waals surface area contributed by atoms with Crippen LogP contribution in [0.4, 0.5) is 0 Å². The fraction of sp³-hybridized carbons (Fsp3) is 0.214. The number of aryl methyl sites for hydroxylation is 1. The number of carbonyl (C=O) groups is 1. The molecule has 3 rings (SSSR count). The first-order valence-electron chi connectivity index (χ1n) is 6.61. The molecule has 0 aliphatic carbocycles. The average Bonchev–Trinajstić information content (AvgIpc) is 3.18. The maximum Gasteiger partial charge on any atom is 0.338 e. The van der Waals surface area contributed by atoms with Gasteiger partial charge in [-0.25, -0.2) is 9.48 Å². The SMILES string of the molecule is Cc1nnc([C@@H](C)OC(=O)c2cccc(-n3ccnn3)c2)o1. The number of aromatic nitrogens is 5. The van der Waals surface area contributed by atoms with Crippen LogP contribution in [0.2, 0.25) is 0 Å². The number of benzene rings is 1. The van der Waals surface area contributed by atoms with Crippen LogP contribution in [0.3, 0.4) is 0 Å². The average molecular weight is 299 g/mol. The Morgan fingerprint density at radius 1 is 1.36 bits per heavy atom. The summed E-state index contributed by atoms with van der Waals surface area (Å²) in [6.45, 7) is 3.35. The summed E-state index contributed by atoms with van der Waals surface area (Å²) < 4.78 is 12.1. The molecule has 0 radical (unpaired) electrons. The molecule has 2 aromatic heterocycles. The summed E-state index contributed by atoms with van der Waals surface area (Å²) in [5.74, 6) is 0.203. The Balaban J connectivity index is 1.76. The quantitative estimate of drug-likeness (QED) is 0.678. The van der Waals surface area contributed by atoms with Crippen LogP contribution >= 0.6 is 0 Å². The molecular formula is C14H13N5O3. The summed E-state index contributed by atoms with van der Waals surface area (Å²) in [6, 6.07) is 6.89. The van der Waals surface area contributed by atoms with Gasteiger partial charge in [-0.15, -0.1) is 15.3 Å². The number of nitrogens with zero attached hydrogens (tertiary/aromatic N) is 5. The highest BCUT2D eigenvalue weighted by Crippen LogP contribution is 2.18. The second-order valence-corrected chi connectivity index (χ2v) is 4.60. The zero-order chi connectivity index (χ0) is 15.5. The highest BCUT2D eigenvalue weighted by Gasteiger charge is 2.19. The Bertz CT molecular complexity index is 781. The molecule has 1 aromatic carbocycles. The maximum atomic E-state index is 12.2. The molecule has 0 saturated heterocycles. The molecule has 8 nitrogen and oxygen atoms in total. The number of rotatable bonds is 4. The molecule has 2 heterocycles. The van der Waals surface area contributed by atoms with Gasteiger partial charge in [0.15, 0.2) is 6.10 Å². The Morgan fingerprint density at radius 2 is 2.23 bits per heavy atom. The number of hydrogen-bond acceptors (Lipinski definition) is 7. The molecule has 0 N–H and O–H groups in total. The van der Waals surface area contributed by atoms with Gasteiger partial charge in [-0.2, -0.15) is 0 Å². The van der Waals surface area contributed by atoms with Crippen LogP contribution in [0.15, 0.2) is 41.1 Å². The number of esters is 1. The zero-order valence-corrected chi connectivity index (χ0v) is 12.0. The zero-order valence-electron chi connectivity index (χ0n) is 12.0. The van der Waals surface area contributed by atoms with Gasteiger partial charge in [-0.3, -0.25) is 0 Å². The molecule has 22 heavy (non-hydrogen) atoms. The van der Waals surface area contributed by atoms with Crippen LogP contribution in [0, 0.1) is 6.92 Å². The van der Waals surface area contributed by atoms with Crippen molar-refractivity contribution in [1.29, 1.82) is 0 Å². The van der Waals surface area contributed by atoms with E-state index in [1.54, 1.807) is 49.1 Å². The van der Waals surface area contributed by atoms with Gasteiger partial charge in [0, 0.05) is 6.92 Å². The van der Waals surface area contributed by atoms with Crippen molar-refractivity contribution in [3.8, 4) is 5.69 Å². The first-order valence-corrected chi connectivity index (χ1v) is 6.61. The minimum Gasteiger partial charge on any atom is -0.449 e. The molecule has 0 bridgehead atoms. The molecule has 0 spiro atoms. The van der Waals surface area contributed by atoms with E-state index in [0.717, 1.165) is 0 Å². The molecule has 8 heteroatoms. The lowest BCUT2D eigenvalue weighted by molar-refractivity contribution is 0.0277. The monoisotopic (exact) mass is 299 g/mol. The van der Waals surface area contributed by atoms with Crippen molar-refractivity contribution < 1.29 is 13.9 Å². The third-order valence-corrected chi connectivity index (χ3v) is 2.94. The van der Waals surface area contributed by atoms with E-state index in [2.05, 4.69) is 20.5 Å². The van der Waals surface area contributed by atoms with Gasteiger partial charge in [0.1, 0.15) is 0 Å². The highest BCUT2D eigenvalue weighted by molar-refractivity contribution is 5.90. The van der Waals surface area contributed by atoms with Gasteiger partial charge in [0.05, 0.1) is 23.6 Å². The van der Waals surface area contributed by atoms with E-state index in [-0.39, 0.29) is 5.89 Å². The third-order valence-electron chi connectivity index (χ3n) is 2.94. The first kappa shape index (κ1) is 13.9. The molecule has 1 atom stereocenters. The van der Waals surface area contributed by atoms with Gasteiger partial charge in [0.2, 0.25) is 5.89 Å². The van der Waals surface area contributed by atoms with E-state index in [0.29, 0.717) is 17.1 Å². The van der Waals surface area contributed by atoms with Gasteiger partial charge >= 0.3 is 5.97 Å².